The zero-order valence-electron chi connectivity index (χ0n) is 13.1. The summed E-state index contributed by atoms with van der Waals surface area (Å²) >= 11 is 0. The van der Waals surface area contributed by atoms with Crippen molar-refractivity contribution in [1.82, 2.24) is 9.47 Å². The number of anilines is 1. The summed E-state index contributed by atoms with van der Waals surface area (Å²) in [6.45, 7) is -0.389. The quantitative estimate of drug-likeness (QED) is 0.853. The predicted molar refractivity (Wildman–Crippen MR) is 82.4 cm³/mol. The summed E-state index contributed by atoms with van der Waals surface area (Å²) in [6, 6.07) is 5.22. The molecule has 1 aromatic heterocycles. The number of fused-ring (bicyclic) bond motifs is 1. The Hall–Kier alpha value is -1.83. The summed E-state index contributed by atoms with van der Waals surface area (Å²) in [7, 11) is 1.83. The SMILES string of the molecule is CN1CC[C@@H](Nc2cccc3c2cc(F)n3CC(F)(F)F)[C@@H](F)C1. The minimum Gasteiger partial charge on any atom is -0.379 e. The first-order valence-corrected chi connectivity index (χ1v) is 7.68. The molecule has 2 atom stereocenters. The number of piperidine rings is 1. The molecule has 0 saturated carbocycles. The number of likely N-dealkylation sites (tertiary alicyclic amines) is 1. The molecule has 8 heteroatoms. The van der Waals surface area contributed by atoms with Crippen LogP contribution in [0.15, 0.2) is 24.3 Å². The molecule has 0 aliphatic carbocycles. The Bertz CT molecular complexity index is 724. The van der Waals surface area contributed by atoms with Gasteiger partial charge in [0, 0.05) is 30.2 Å². The fourth-order valence-corrected chi connectivity index (χ4v) is 3.14. The summed E-state index contributed by atoms with van der Waals surface area (Å²) in [5.74, 6) is -0.961. The van der Waals surface area contributed by atoms with Crippen LogP contribution < -0.4 is 5.32 Å². The van der Waals surface area contributed by atoms with Crippen molar-refractivity contribution in [2.45, 2.75) is 31.4 Å². The van der Waals surface area contributed by atoms with Crippen LogP contribution in [0, 0.1) is 5.95 Å². The molecule has 1 aliphatic heterocycles. The number of nitrogens with one attached hydrogen (secondary N) is 1. The van der Waals surface area contributed by atoms with Crippen molar-refractivity contribution in [3.63, 3.8) is 0 Å². The van der Waals surface area contributed by atoms with Gasteiger partial charge in [0.2, 0.25) is 0 Å². The lowest BCUT2D eigenvalue weighted by molar-refractivity contribution is -0.141. The first-order valence-electron chi connectivity index (χ1n) is 7.68. The van der Waals surface area contributed by atoms with Crippen molar-refractivity contribution >= 4 is 16.6 Å². The van der Waals surface area contributed by atoms with Gasteiger partial charge in [-0.15, -0.1) is 0 Å². The number of nitrogens with zero attached hydrogens (tertiary/aromatic N) is 2. The molecular weight excluding hydrogens is 329 g/mol. The van der Waals surface area contributed by atoms with Crippen LogP contribution in [-0.2, 0) is 6.54 Å². The van der Waals surface area contributed by atoms with Gasteiger partial charge in [-0.25, -0.2) is 4.39 Å². The fourth-order valence-electron chi connectivity index (χ4n) is 3.14. The molecule has 0 amide bonds. The smallest absolute Gasteiger partial charge is 0.379 e. The number of rotatable bonds is 3. The van der Waals surface area contributed by atoms with Gasteiger partial charge in [0.25, 0.3) is 0 Å². The Balaban J connectivity index is 1.91. The maximum absolute atomic E-state index is 14.2. The standard InChI is InChI=1S/C16H18F5N3/c1-23-6-5-13(11(17)8-23)22-12-3-2-4-14-10(12)7-15(18)24(14)9-16(19,20)21/h2-4,7,11,13,22H,5-6,8-9H2,1H3/t11-,13+/m0/s1. The van der Waals surface area contributed by atoms with Crippen molar-refractivity contribution in [2.24, 2.45) is 0 Å². The molecule has 0 unspecified atom stereocenters. The molecule has 3 rings (SSSR count). The average molecular weight is 347 g/mol. The number of aromatic nitrogens is 1. The molecule has 1 aliphatic rings. The molecule has 1 fully saturated rings. The second kappa shape index (κ2) is 6.23. The zero-order valence-corrected chi connectivity index (χ0v) is 13.1. The molecule has 2 heterocycles. The van der Waals surface area contributed by atoms with Crippen LogP contribution in [0.3, 0.4) is 0 Å². The molecule has 0 spiro atoms. The Morgan fingerprint density at radius 3 is 2.71 bits per heavy atom. The molecule has 2 aromatic rings. The van der Waals surface area contributed by atoms with Gasteiger partial charge in [-0.05, 0) is 25.6 Å². The number of hydrogen-bond acceptors (Lipinski definition) is 2. The highest BCUT2D eigenvalue weighted by Crippen LogP contribution is 2.31. The van der Waals surface area contributed by atoms with Crippen molar-refractivity contribution < 1.29 is 22.0 Å². The Morgan fingerprint density at radius 2 is 2.04 bits per heavy atom. The molecule has 3 nitrogen and oxygen atoms in total. The van der Waals surface area contributed by atoms with Gasteiger partial charge >= 0.3 is 6.18 Å². The van der Waals surface area contributed by atoms with Crippen LogP contribution in [0.25, 0.3) is 10.9 Å². The van der Waals surface area contributed by atoms with E-state index in [0.29, 0.717) is 22.1 Å². The highest BCUT2D eigenvalue weighted by atomic mass is 19.4. The second-order valence-electron chi connectivity index (χ2n) is 6.22. The first-order chi connectivity index (χ1) is 11.2. The summed E-state index contributed by atoms with van der Waals surface area (Å²) in [5, 5.41) is 3.36. The van der Waals surface area contributed by atoms with Gasteiger partial charge in [-0.3, -0.25) is 0 Å². The van der Waals surface area contributed by atoms with E-state index in [0.717, 1.165) is 12.6 Å². The normalized spacial score (nSPS) is 22.9. The highest BCUT2D eigenvalue weighted by molar-refractivity contribution is 5.92. The average Bonchev–Trinajstić information content (AvgIpc) is 2.78. The van der Waals surface area contributed by atoms with Crippen molar-refractivity contribution in [3.8, 4) is 0 Å². The Kier molecular flexibility index (Phi) is 4.42. The molecule has 0 bridgehead atoms. The maximum Gasteiger partial charge on any atom is 0.406 e. The number of halogens is 5. The van der Waals surface area contributed by atoms with Crippen LogP contribution in [0.4, 0.5) is 27.6 Å². The maximum atomic E-state index is 14.2. The third-order valence-electron chi connectivity index (χ3n) is 4.32. The van der Waals surface area contributed by atoms with Gasteiger partial charge in [0.05, 0.1) is 11.6 Å². The summed E-state index contributed by atoms with van der Waals surface area (Å²) in [5.41, 5.74) is 0.586. The number of benzene rings is 1. The largest absolute Gasteiger partial charge is 0.406 e. The number of hydrogen-bond donors (Lipinski definition) is 1. The van der Waals surface area contributed by atoms with E-state index in [1.807, 2.05) is 11.9 Å². The molecule has 132 valence electrons. The molecule has 1 N–H and O–H groups in total. The van der Waals surface area contributed by atoms with E-state index < -0.39 is 30.9 Å². The minimum atomic E-state index is -4.52. The van der Waals surface area contributed by atoms with E-state index in [-0.39, 0.29) is 12.1 Å². The molecular formula is C16H18F5N3. The molecule has 1 saturated heterocycles. The van der Waals surface area contributed by atoms with Crippen LogP contribution in [0.2, 0.25) is 0 Å². The number of alkyl halides is 4. The van der Waals surface area contributed by atoms with Gasteiger partial charge < -0.3 is 14.8 Å². The topological polar surface area (TPSA) is 20.2 Å². The van der Waals surface area contributed by atoms with Crippen LogP contribution >= 0.6 is 0 Å². The summed E-state index contributed by atoms with van der Waals surface area (Å²) in [6.07, 6.45) is -5.05. The van der Waals surface area contributed by atoms with Crippen LogP contribution in [-0.4, -0.2) is 48.0 Å². The van der Waals surface area contributed by atoms with E-state index in [1.54, 1.807) is 12.1 Å². The van der Waals surface area contributed by atoms with Gasteiger partial charge in [-0.1, -0.05) is 6.07 Å². The molecule has 0 radical (unpaired) electrons. The summed E-state index contributed by atoms with van der Waals surface area (Å²) in [4.78, 5) is 1.88. The van der Waals surface area contributed by atoms with Gasteiger partial charge in [0.1, 0.15) is 12.7 Å². The third kappa shape index (κ3) is 3.48. The van der Waals surface area contributed by atoms with Crippen molar-refractivity contribution in [1.29, 1.82) is 0 Å². The van der Waals surface area contributed by atoms with E-state index in [4.69, 9.17) is 0 Å². The monoisotopic (exact) mass is 347 g/mol. The van der Waals surface area contributed by atoms with E-state index in [9.17, 15) is 22.0 Å². The van der Waals surface area contributed by atoms with Crippen LogP contribution in [0.5, 0.6) is 0 Å². The lowest BCUT2D eigenvalue weighted by Crippen LogP contribution is -2.46. The first kappa shape index (κ1) is 17.0. The van der Waals surface area contributed by atoms with Gasteiger partial charge in [-0.2, -0.15) is 17.6 Å². The van der Waals surface area contributed by atoms with Crippen molar-refractivity contribution in [3.05, 3.63) is 30.2 Å². The molecule has 24 heavy (non-hydrogen) atoms. The van der Waals surface area contributed by atoms with Crippen molar-refractivity contribution in [2.75, 3.05) is 25.5 Å². The predicted octanol–water partition coefficient (Wildman–Crippen LogP) is 3.80. The third-order valence-corrected chi connectivity index (χ3v) is 4.32. The van der Waals surface area contributed by atoms with Gasteiger partial charge in [0.15, 0.2) is 5.95 Å². The van der Waals surface area contributed by atoms with E-state index in [2.05, 4.69) is 5.32 Å². The van der Waals surface area contributed by atoms with E-state index in [1.165, 1.54) is 6.07 Å². The highest BCUT2D eigenvalue weighted by Gasteiger charge is 2.31. The Morgan fingerprint density at radius 1 is 1.29 bits per heavy atom. The Labute approximate surface area is 136 Å². The van der Waals surface area contributed by atoms with Crippen LogP contribution in [0.1, 0.15) is 6.42 Å². The minimum absolute atomic E-state index is 0.137. The lowest BCUT2D eigenvalue weighted by atomic mass is 10.0. The summed E-state index contributed by atoms with van der Waals surface area (Å²) < 4.78 is 66.6. The fraction of sp³-hybridized carbons (Fsp3) is 0.500. The lowest BCUT2D eigenvalue weighted by Gasteiger charge is -2.33. The van der Waals surface area contributed by atoms with E-state index >= 15 is 0 Å². The zero-order chi connectivity index (χ0) is 17.5. The molecule has 1 aromatic carbocycles. The second-order valence-corrected chi connectivity index (χ2v) is 6.22.